The maximum absolute atomic E-state index is 12.8. The van der Waals surface area contributed by atoms with E-state index in [0.29, 0.717) is 5.56 Å². The van der Waals surface area contributed by atoms with E-state index in [-0.39, 0.29) is 24.0 Å². The molecule has 23 heavy (non-hydrogen) atoms. The Morgan fingerprint density at radius 2 is 1.57 bits per heavy atom. The van der Waals surface area contributed by atoms with Crippen molar-refractivity contribution in [1.29, 1.82) is 0 Å². The molecule has 0 atom stereocenters. The number of carbonyl (C=O) groups is 2. The first-order chi connectivity index (χ1) is 11.0. The minimum Gasteiger partial charge on any atom is -0.348 e. The van der Waals surface area contributed by atoms with Crippen molar-refractivity contribution >= 4 is 17.5 Å². The molecule has 7 heteroatoms. The third-order valence-electron chi connectivity index (χ3n) is 2.98. The largest absolute Gasteiger partial charge is 0.348 e. The van der Waals surface area contributed by atoms with Crippen LogP contribution in [-0.2, 0) is 11.3 Å². The molecule has 0 saturated carbocycles. The number of carbonyl (C=O) groups excluding carboxylic acids is 2. The molecule has 4 nitrogen and oxygen atoms in total. The minimum absolute atomic E-state index is 0.172. The van der Waals surface area contributed by atoms with Crippen LogP contribution in [0.4, 0.5) is 18.9 Å². The molecule has 0 unspecified atom stereocenters. The number of nitrogens with one attached hydrogen (secondary N) is 2. The van der Waals surface area contributed by atoms with Crippen molar-refractivity contribution in [2.75, 3.05) is 5.32 Å². The van der Waals surface area contributed by atoms with Crippen molar-refractivity contribution < 1.29 is 22.8 Å². The topological polar surface area (TPSA) is 58.2 Å². The lowest BCUT2D eigenvalue weighted by Gasteiger charge is -2.07. The SMILES string of the molecule is O=C(NCc1ccc(F)cc1)c1ccc(NC(=O)C(F)F)cc1. The van der Waals surface area contributed by atoms with Crippen LogP contribution < -0.4 is 10.6 Å². The second-order valence-corrected chi connectivity index (χ2v) is 4.68. The fourth-order valence-electron chi connectivity index (χ4n) is 1.79. The number of anilines is 1. The number of rotatable bonds is 5. The Morgan fingerprint density at radius 1 is 0.957 bits per heavy atom. The number of alkyl halides is 2. The second kappa shape index (κ2) is 7.44. The van der Waals surface area contributed by atoms with E-state index in [0.717, 1.165) is 5.56 Å². The molecule has 2 N–H and O–H groups in total. The maximum atomic E-state index is 12.8. The summed E-state index contributed by atoms with van der Waals surface area (Å²) >= 11 is 0. The zero-order valence-corrected chi connectivity index (χ0v) is 11.9. The molecule has 0 aliphatic carbocycles. The average molecular weight is 322 g/mol. The van der Waals surface area contributed by atoms with E-state index < -0.39 is 12.3 Å². The van der Waals surface area contributed by atoms with Gasteiger partial charge in [-0.25, -0.2) is 4.39 Å². The van der Waals surface area contributed by atoms with Gasteiger partial charge in [0.2, 0.25) is 0 Å². The Labute approximate surface area is 130 Å². The van der Waals surface area contributed by atoms with Crippen LogP contribution in [0.3, 0.4) is 0 Å². The highest BCUT2D eigenvalue weighted by atomic mass is 19.3. The number of hydrogen-bond acceptors (Lipinski definition) is 2. The van der Waals surface area contributed by atoms with E-state index in [1.807, 2.05) is 5.32 Å². The quantitative estimate of drug-likeness (QED) is 0.889. The van der Waals surface area contributed by atoms with Crippen molar-refractivity contribution in [2.24, 2.45) is 0 Å². The number of hydrogen-bond donors (Lipinski definition) is 2. The molecule has 0 radical (unpaired) electrons. The molecule has 0 aromatic heterocycles. The molecular weight excluding hydrogens is 309 g/mol. The van der Waals surface area contributed by atoms with Gasteiger partial charge in [-0.05, 0) is 42.0 Å². The zero-order valence-electron chi connectivity index (χ0n) is 11.9. The van der Waals surface area contributed by atoms with E-state index in [4.69, 9.17) is 0 Å². The summed E-state index contributed by atoms with van der Waals surface area (Å²) in [5.41, 5.74) is 1.22. The Morgan fingerprint density at radius 3 is 2.13 bits per heavy atom. The predicted octanol–water partition coefficient (Wildman–Crippen LogP) is 2.96. The van der Waals surface area contributed by atoms with Crippen LogP contribution in [0.5, 0.6) is 0 Å². The van der Waals surface area contributed by atoms with Gasteiger partial charge < -0.3 is 10.6 Å². The van der Waals surface area contributed by atoms with E-state index >= 15 is 0 Å². The molecule has 0 bridgehead atoms. The summed E-state index contributed by atoms with van der Waals surface area (Å²) in [5.74, 6) is -2.14. The Kier molecular flexibility index (Phi) is 5.35. The van der Waals surface area contributed by atoms with E-state index in [2.05, 4.69) is 5.32 Å². The van der Waals surface area contributed by atoms with Crippen molar-refractivity contribution in [3.63, 3.8) is 0 Å². The van der Waals surface area contributed by atoms with Crippen LogP contribution in [0.15, 0.2) is 48.5 Å². The van der Waals surface area contributed by atoms with Crippen LogP contribution in [-0.4, -0.2) is 18.2 Å². The molecule has 2 aromatic carbocycles. The van der Waals surface area contributed by atoms with Crippen LogP contribution in [0.1, 0.15) is 15.9 Å². The number of halogens is 3. The highest BCUT2D eigenvalue weighted by Crippen LogP contribution is 2.11. The molecule has 0 saturated heterocycles. The normalized spacial score (nSPS) is 10.4. The smallest absolute Gasteiger partial charge is 0.315 e. The van der Waals surface area contributed by atoms with Crippen molar-refractivity contribution in [2.45, 2.75) is 13.0 Å². The van der Waals surface area contributed by atoms with Crippen molar-refractivity contribution in [3.8, 4) is 0 Å². The third-order valence-corrected chi connectivity index (χ3v) is 2.98. The van der Waals surface area contributed by atoms with Gasteiger partial charge in [0.1, 0.15) is 5.82 Å². The minimum atomic E-state index is -3.10. The van der Waals surface area contributed by atoms with E-state index in [1.165, 1.54) is 36.4 Å². The average Bonchev–Trinajstić information content (AvgIpc) is 2.54. The standard InChI is InChI=1S/C16H13F3N2O2/c17-12-5-1-10(2-6-12)9-20-15(22)11-3-7-13(8-4-11)21-16(23)14(18)19/h1-8,14H,9H2,(H,20,22)(H,21,23). The molecule has 2 aromatic rings. The zero-order chi connectivity index (χ0) is 16.8. The molecular formula is C16H13F3N2O2. The molecule has 2 rings (SSSR count). The molecule has 0 heterocycles. The fraction of sp³-hybridized carbons (Fsp3) is 0.125. The molecule has 2 amide bonds. The first-order valence-electron chi connectivity index (χ1n) is 6.67. The second-order valence-electron chi connectivity index (χ2n) is 4.68. The van der Waals surface area contributed by atoms with Gasteiger partial charge in [-0.15, -0.1) is 0 Å². The predicted molar refractivity (Wildman–Crippen MR) is 78.6 cm³/mol. The summed E-state index contributed by atoms with van der Waals surface area (Å²) in [4.78, 5) is 22.8. The molecule has 0 fully saturated rings. The highest BCUT2D eigenvalue weighted by molar-refractivity contribution is 5.96. The lowest BCUT2D eigenvalue weighted by Crippen LogP contribution is -2.23. The number of benzene rings is 2. The van der Waals surface area contributed by atoms with Crippen LogP contribution in [0.25, 0.3) is 0 Å². The Hall–Kier alpha value is -2.83. The van der Waals surface area contributed by atoms with Gasteiger partial charge in [-0.1, -0.05) is 12.1 Å². The first-order valence-corrected chi connectivity index (χ1v) is 6.67. The van der Waals surface area contributed by atoms with Gasteiger partial charge in [0.05, 0.1) is 0 Å². The van der Waals surface area contributed by atoms with Gasteiger partial charge in [-0.3, -0.25) is 9.59 Å². The third kappa shape index (κ3) is 4.84. The summed E-state index contributed by atoms with van der Waals surface area (Å²) in [6.07, 6.45) is -3.10. The van der Waals surface area contributed by atoms with Crippen molar-refractivity contribution in [3.05, 3.63) is 65.5 Å². The van der Waals surface area contributed by atoms with Crippen molar-refractivity contribution in [1.82, 2.24) is 5.32 Å². The Balaban J connectivity index is 1.92. The van der Waals surface area contributed by atoms with Gasteiger partial charge >= 0.3 is 6.43 Å². The van der Waals surface area contributed by atoms with Gasteiger partial charge in [0.15, 0.2) is 0 Å². The summed E-state index contributed by atoms with van der Waals surface area (Å²) < 4.78 is 37.0. The van der Waals surface area contributed by atoms with E-state index in [9.17, 15) is 22.8 Å². The summed E-state index contributed by atoms with van der Waals surface area (Å²) in [7, 11) is 0. The monoisotopic (exact) mass is 322 g/mol. The molecule has 120 valence electrons. The van der Waals surface area contributed by atoms with E-state index in [1.54, 1.807) is 12.1 Å². The summed E-state index contributed by atoms with van der Waals surface area (Å²) in [6, 6.07) is 11.2. The lowest BCUT2D eigenvalue weighted by molar-refractivity contribution is -0.126. The summed E-state index contributed by atoms with van der Waals surface area (Å²) in [6.45, 7) is 0.225. The lowest BCUT2D eigenvalue weighted by atomic mass is 10.1. The first kappa shape index (κ1) is 16.5. The summed E-state index contributed by atoms with van der Waals surface area (Å²) in [5, 5.41) is 4.66. The Bertz CT molecular complexity index is 685. The van der Waals surface area contributed by atoms with Crippen LogP contribution >= 0.6 is 0 Å². The van der Waals surface area contributed by atoms with Gasteiger partial charge in [0, 0.05) is 17.8 Å². The number of amides is 2. The fourth-order valence-corrected chi connectivity index (χ4v) is 1.79. The van der Waals surface area contributed by atoms with Gasteiger partial charge in [0.25, 0.3) is 11.8 Å². The molecule has 0 aliphatic heterocycles. The highest BCUT2D eigenvalue weighted by Gasteiger charge is 2.15. The molecule has 0 spiro atoms. The van der Waals surface area contributed by atoms with Crippen LogP contribution in [0.2, 0.25) is 0 Å². The van der Waals surface area contributed by atoms with Gasteiger partial charge in [-0.2, -0.15) is 8.78 Å². The maximum Gasteiger partial charge on any atom is 0.315 e. The van der Waals surface area contributed by atoms with Crippen LogP contribution in [0, 0.1) is 5.82 Å². The molecule has 0 aliphatic rings.